The highest BCUT2D eigenvalue weighted by atomic mass is 79.9. The van der Waals surface area contributed by atoms with E-state index in [1.807, 2.05) is 24.3 Å². The van der Waals surface area contributed by atoms with Gasteiger partial charge in [-0.25, -0.2) is 0 Å². The van der Waals surface area contributed by atoms with E-state index in [4.69, 9.17) is 5.11 Å². The van der Waals surface area contributed by atoms with Crippen molar-refractivity contribution in [3.63, 3.8) is 0 Å². The molecule has 0 aromatic heterocycles. The van der Waals surface area contributed by atoms with Gasteiger partial charge in [0.25, 0.3) is 0 Å². The van der Waals surface area contributed by atoms with Crippen LogP contribution in [0.4, 0.5) is 0 Å². The Labute approximate surface area is 122 Å². The summed E-state index contributed by atoms with van der Waals surface area (Å²) < 4.78 is 0.936. The second-order valence-corrected chi connectivity index (χ2v) is 5.69. The van der Waals surface area contributed by atoms with Crippen LogP contribution in [0.25, 0.3) is 0 Å². The van der Waals surface area contributed by atoms with Crippen molar-refractivity contribution < 1.29 is 9.90 Å². The summed E-state index contributed by atoms with van der Waals surface area (Å²) in [6, 6.07) is 7.53. The zero-order chi connectivity index (χ0) is 13.7. The third kappa shape index (κ3) is 4.38. The van der Waals surface area contributed by atoms with E-state index in [0.717, 1.165) is 42.8 Å². The van der Waals surface area contributed by atoms with E-state index in [2.05, 4.69) is 25.7 Å². The van der Waals surface area contributed by atoms with Gasteiger partial charge in [0, 0.05) is 42.8 Å². The van der Waals surface area contributed by atoms with Crippen molar-refractivity contribution in [1.29, 1.82) is 0 Å². The molecule has 0 unspecified atom stereocenters. The largest absolute Gasteiger partial charge is 0.395 e. The fraction of sp³-hybridized carbons (Fsp3) is 0.500. The van der Waals surface area contributed by atoms with E-state index in [-0.39, 0.29) is 12.4 Å². The molecule has 1 saturated heterocycles. The normalized spacial score (nSPS) is 17.6. The number of aliphatic hydroxyl groups excluding tert-OH is 1. The number of benzene rings is 1. The monoisotopic (exact) mass is 326 g/mol. The maximum Gasteiger partial charge on any atom is 0.176 e. The lowest BCUT2D eigenvalue weighted by Gasteiger charge is -2.33. The van der Waals surface area contributed by atoms with Crippen LogP contribution >= 0.6 is 15.9 Å². The van der Waals surface area contributed by atoms with Crippen molar-refractivity contribution in [2.75, 3.05) is 45.9 Å². The molecular weight excluding hydrogens is 308 g/mol. The number of carbonyl (C=O) groups is 1. The number of hydrogen-bond donors (Lipinski definition) is 1. The zero-order valence-electron chi connectivity index (χ0n) is 10.9. The van der Waals surface area contributed by atoms with E-state index in [1.165, 1.54) is 0 Å². The Hall–Kier alpha value is -0.750. The molecule has 19 heavy (non-hydrogen) atoms. The molecule has 1 aromatic carbocycles. The highest BCUT2D eigenvalue weighted by Gasteiger charge is 2.19. The van der Waals surface area contributed by atoms with E-state index in [1.54, 1.807) is 0 Å². The summed E-state index contributed by atoms with van der Waals surface area (Å²) >= 11 is 3.38. The number of nitrogens with zero attached hydrogens (tertiary/aromatic N) is 2. The maximum atomic E-state index is 12.2. The van der Waals surface area contributed by atoms with E-state index in [9.17, 15) is 4.79 Å². The zero-order valence-corrected chi connectivity index (χ0v) is 12.5. The lowest BCUT2D eigenvalue weighted by Crippen LogP contribution is -2.48. The number of rotatable bonds is 5. The Morgan fingerprint density at radius 2 is 1.89 bits per heavy atom. The van der Waals surface area contributed by atoms with Crippen LogP contribution in [-0.2, 0) is 0 Å². The number of ketones is 1. The Kier molecular flexibility index (Phi) is 5.51. The molecule has 1 aliphatic heterocycles. The van der Waals surface area contributed by atoms with Crippen LogP contribution in [0.1, 0.15) is 10.4 Å². The molecule has 4 nitrogen and oxygen atoms in total. The van der Waals surface area contributed by atoms with Crippen LogP contribution in [0.3, 0.4) is 0 Å². The van der Waals surface area contributed by atoms with Gasteiger partial charge in [0.1, 0.15) is 0 Å². The summed E-state index contributed by atoms with van der Waals surface area (Å²) in [4.78, 5) is 16.6. The molecule has 0 spiro atoms. The molecule has 0 radical (unpaired) electrons. The molecule has 0 aliphatic carbocycles. The number of carbonyl (C=O) groups excluding carboxylic acids is 1. The summed E-state index contributed by atoms with van der Waals surface area (Å²) in [6.45, 7) is 5.03. The quantitative estimate of drug-likeness (QED) is 0.827. The number of Topliss-reactive ketones (excluding diaryl/α,β-unsaturated/α-hetero) is 1. The van der Waals surface area contributed by atoms with Crippen molar-refractivity contribution in [3.8, 4) is 0 Å². The third-order valence-corrected chi connectivity index (χ3v) is 3.89. The van der Waals surface area contributed by atoms with Crippen LogP contribution in [0.5, 0.6) is 0 Å². The van der Waals surface area contributed by atoms with Gasteiger partial charge in [-0.3, -0.25) is 14.6 Å². The van der Waals surface area contributed by atoms with Crippen molar-refractivity contribution >= 4 is 21.7 Å². The molecule has 0 saturated carbocycles. The number of β-amino-alcohol motifs (C(OH)–C–C–N with tert-alkyl or cyclic N) is 1. The summed E-state index contributed by atoms with van der Waals surface area (Å²) in [5, 5.41) is 8.89. The topological polar surface area (TPSA) is 43.8 Å². The van der Waals surface area contributed by atoms with Gasteiger partial charge in [-0.05, 0) is 12.1 Å². The average Bonchev–Trinajstić information content (AvgIpc) is 2.41. The molecule has 2 rings (SSSR count). The SMILES string of the molecule is O=C(CN1CCN(CCO)CC1)c1cccc(Br)c1. The highest BCUT2D eigenvalue weighted by Crippen LogP contribution is 2.13. The number of aliphatic hydroxyl groups is 1. The summed E-state index contributed by atoms with van der Waals surface area (Å²) in [7, 11) is 0. The van der Waals surface area contributed by atoms with E-state index >= 15 is 0 Å². The fourth-order valence-corrected chi connectivity index (χ4v) is 2.67. The first kappa shape index (κ1) is 14.7. The lowest BCUT2D eigenvalue weighted by atomic mass is 10.1. The van der Waals surface area contributed by atoms with Gasteiger partial charge in [-0.15, -0.1) is 0 Å². The Morgan fingerprint density at radius 1 is 1.21 bits per heavy atom. The minimum absolute atomic E-state index is 0.164. The molecule has 1 aromatic rings. The minimum Gasteiger partial charge on any atom is -0.395 e. The molecule has 0 atom stereocenters. The molecule has 5 heteroatoms. The van der Waals surface area contributed by atoms with Crippen molar-refractivity contribution in [3.05, 3.63) is 34.3 Å². The molecule has 1 aliphatic rings. The highest BCUT2D eigenvalue weighted by molar-refractivity contribution is 9.10. The second kappa shape index (κ2) is 7.14. The van der Waals surface area contributed by atoms with Crippen molar-refractivity contribution in [1.82, 2.24) is 9.80 Å². The van der Waals surface area contributed by atoms with Crippen LogP contribution in [0.2, 0.25) is 0 Å². The van der Waals surface area contributed by atoms with Gasteiger partial charge in [0.15, 0.2) is 5.78 Å². The van der Waals surface area contributed by atoms with Gasteiger partial charge in [0.05, 0.1) is 13.2 Å². The number of halogens is 1. The minimum atomic E-state index is 0.164. The van der Waals surface area contributed by atoms with Gasteiger partial charge >= 0.3 is 0 Å². The first-order valence-electron chi connectivity index (χ1n) is 6.53. The lowest BCUT2D eigenvalue weighted by molar-refractivity contribution is 0.0822. The molecule has 104 valence electrons. The summed E-state index contributed by atoms with van der Waals surface area (Å²) in [6.07, 6.45) is 0. The second-order valence-electron chi connectivity index (χ2n) is 4.77. The van der Waals surface area contributed by atoms with Gasteiger partial charge in [0.2, 0.25) is 0 Å². The van der Waals surface area contributed by atoms with Crippen molar-refractivity contribution in [2.45, 2.75) is 0 Å². The van der Waals surface area contributed by atoms with Gasteiger partial charge < -0.3 is 5.11 Å². The maximum absolute atomic E-state index is 12.2. The Balaban J connectivity index is 1.84. The predicted molar refractivity (Wildman–Crippen MR) is 78.4 cm³/mol. The molecule has 1 fully saturated rings. The molecule has 1 heterocycles. The standard InChI is InChI=1S/C14H19BrN2O2/c15-13-3-1-2-12(10-13)14(19)11-17-6-4-16(5-7-17)8-9-18/h1-3,10,18H,4-9,11H2. The predicted octanol–water partition coefficient (Wildman–Crippen LogP) is 1.24. The van der Waals surface area contributed by atoms with Crippen LogP contribution in [0, 0.1) is 0 Å². The third-order valence-electron chi connectivity index (χ3n) is 3.39. The molecule has 1 N–H and O–H groups in total. The Bertz CT molecular complexity index is 431. The summed E-state index contributed by atoms with van der Waals surface area (Å²) in [5.74, 6) is 0.164. The van der Waals surface area contributed by atoms with Gasteiger partial charge in [-0.2, -0.15) is 0 Å². The average molecular weight is 327 g/mol. The van der Waals surface area contributed by atoms with Crippen LogP contribution < -0.4 is 0 Å². The molecule has 0 bridgehead atoms. The van der Waals surface area contributed by atoms with Gasteiger partial charge in [-0.1, -0.05) is 28.1 Å². The Morgan fingerprint density at radius 3 is 2.53 bits per heavy atom. The number of piperazine rings is 1. The van der Waals surface area contributed by atoms with E-state index in [0.29, 0.717) is 6.54 Å². The fourth-order valence-electron chi connectivity index (χ4n) is 2.27. The van der Waals surface area contributed by atoms with Crippen molar-refractivity contribution in [2.24, 2.45) is 0 Å². The first-order valence-corrected chi connectivity index (χ1v) is 7.32. The van der Waals surface area contributed by atoms with E-state index < -0.39 is 0 Å². The smallest absolute Gasteiger partial charge is 0.176 e. The molecular formula is C14H19BrN2O2. The molecule has 0 amide bonds. The van der Waals surface area contributed by atoms with Crippen LogP contribution in [0.15, 0.2) is 28.7 Å². The first-order chi connectivity index (χ1) is 9.19. The summed E-state index contributed by atoms with van der Waals surface area (Å²) in [5.41, 5.74) is 0.757. The van der Waals surface area contributed by atoms with Crippen LogP contribution in [-0.4, -0.2) is 66.6 Å². The number of hydrogen-bond acceptors (Lipinski definition) is 4.